The van der Waals surface area contributed by atoms with Gasteiger partial charge in [0.05, 0.1) is 5.52 Å². The van der Waals surface area contributed by atoms with Gasteiger partial charge in [-0.1, -0.05) is 44.2 Å². The summed E-state index contributed by atoms with van der Waals surface area (Å²) in [5.74, 6) is 0.515. The molecule has 0 aliphatic carbocycles. The van der Waals surface area contributed by atoms with E-state index in [2.05, 4.69) is 80.1 Å². The molecule has 118 valence electrons. The first kappa shape index (κ1) is 13.7. The molecule has 3 aromatic carbocycles. The van der Waals surface area contributed by atoms with Gasteiger partial charge in [0.2, 0.25) is 0 Å². The number of benzene rings is 3. The third-order valence-electron chi connectivity index (χ3n) is 5.19. The standard InChI is InChI=1S/C22H19NO/c1-13(2)14-8-11-20-18(12-14)17-10-9-16-15-6-4-5-7-19(15)23(3)21(16)22(17)24-20/h4-13H,1-3H3. The van der Waals surface area contributed by atoms with Gasteiger partial charge in [0.1, 0.15) is 5.58 Å². The summed E-state index contributed by atoms with van der Waals surface area (Å²) in [7, 11) is 2.12. The lowest BCUT2D eigenvalue weighted by Crippen LogP contribution is -1.86. The van der Waals surface area contributed by atoms with Gasteiger partial charge < -0.3 is 8.98 Å². The number of aromatic nitrogens is 1. The molecule has 0 spiro atoms. The van der Waals surface area contributed by atoms with Crippen molar-refractivity contribution in [3.63, 3.8) is 0 Å². The molecule has 0 fully saturated rings. The van der Waals surface area contributed by atoms with E-state index in [1.807, 2.05) is 0 Å². The summed E-state index contributed by atoms with van der Waals surface area (Å²) in [6, 6.07) is 19.5. The monoisotopic (exact) mass is 313 g/mol. The minimum absolute atomic E-state index is 0.515. The highest BCUT2D eigenvalue weighted by molar-refractivity contribution is 6.20. The Balaban J connectivity index is 1.99. The van der Waals surface area contributed by atoms with E-state index in [0.717, 1.165) is 11.2 Å². The molecule has 5 aromatic rings. The number of nitrogens with zero attached hydrogens (tertiary/aromatic N) is 1. The molecular weight excluding hydrogens is 294 g/mol. The molecule has 0 unspecified atom stereocenters. The van der Waals surface area contributed by atoms with Gasteiger partial charge in [0, 0.05) is 34.1 Å². The SMILES string of the molecule is CC(C)c1ccc2oc3c(ccc4c5ccccc5n(C)c43)c2c1. The zero-order chi connectivity index (χ0) is 16.4. The maximum Gasteiger partial charge on any atom is 0.159 e. The van der Waals surface area contributed by atoms with E-state index in [-0.39, 0.29) is 0 Å². The quantitative estimate of drug-likeness (QED) is 0.352. The highest BCUT2D eigenvalue weighted by Crippen LogP contribution is 2.38. The van der Waals surface area contributed by atoms with Crippen LogP contribution in [0, 0.1) is 0 Å². The molecule has 24 heavy (non-hydrogen) atoms. The highest BCUT2D eigenvalue weighted by atomic mass is 16.3. The minimum atomic E-state index is 0.515. The first-order valence-corrected chi connectivity index (χ1v) is 8.47. The van der Waals surface area contributed by atoms with E-state index < -0.39 is 0 Å². The van der Waals surface area contributed by atoms with Gasteiger partial charge in [0.25, 0.3) is 0 Å². The summed E-state index contributed by atoms with van der Waals surface area (Å²) in [6.07, 6.45) is 0. The predicted molar refractivity (Wildman–Crippen MR) is 102 cm³/mol. The largest absolute Gasteiger partial charge is 0.454 e. The molecule has 0 bridgehead atoms. The number of hydrogen-bond donors (Lipinski definition) is 0. The molecule has 0 amide bonds. The van der Waals surface area contributed by atoms with Crippen molar-refractivity contribution >= 4 is 43.7 Å². The van der Waals surface area contributed by atoms with Crippen molar-refractivity contribution < 1.29 is 4.42 Å². The van der Waals surface area contributed by atoms with E-state index in [1.54, 1.807) is 0 Å². The maximum absolute atomic E-state index is 6.29. The molecule has 0 aliphatic heterocycles. The number of furan rings is 1. The second-order valence-corrected chi connectivity index (χ2v) is 6.93. The van der Waals surface area contributed by atoms with Crippen molar-refractivity contribution in [2.24, 2.45) is 7.05 Å². The number of hydrogen-bond acceptors (Lipinski definition) is 1. The van der Waals surface area contributed by atoms with E-state index in [9.17, 15) is 0 Å². The van der Waals surface area contributed by atoms with Crippen LogP contribution in [0.1, 0.15) is 25.3 Å². The molecule has 2 nitrogen and oxygen atoms in total. The van der Waals surface area contributed by atoms with Crippen LogP contribution in [0.4, 0.5) is 0 Å². The number of aryl methyl sites for hydroxylation is 1. The summed E-state index contributed by atoms with van der Waals surface area (Å²) in [5.41, 5.74) is 5.72. The van der Waals surface area contributed by atoms with Crippen LogP contribution in [-0.2, 0) is 7.05 Å². The Bertz CT molecular complexity index is 1240. The number of rotatable bonds is 1. The molecule has 5 rings (SSSR count). The van der Waals surface area contributed by atoms with E-state index in [1.165, 1.54) is 38.1 Å². The normalized spacial score (nSPS) is 12.3. The fourth-order valence-electron chi connectivity index (χ4n) is 3.87. The molecule has 0 atom stereocenters. The third-order valence-corrected chi connectivity index (χ3v) is 5.19. The molecule has 0 N–H and O–H groups in total. The van der Waals surface area contributed by atoms with Crippen LogP contribution in [0.3, 0.4) is 0 Å². The van der Waals surface area contributed by atoms with Gasteiger partial charge in [-0.25, -0.2) is 0 Å². The second-order valence-electron chi connectivity index (χ2n) is 6.93. The van der Waals surface area contributed by atoms with Crippen LogP contribution in [0.2, 0.25) is 0 Å². The van der Waals surface area contributed by atoms with E-state index in [0.29, 0.717) is 5.92 Å². The lowest BCUT2D eigenvalue weighted by Gasteiger charge is -2.03. The molecule has 2 heteroatoms. The number of para-hydroxylation sites is 1. The van der Waals surface area contributed by atoms with Gasteiger partial charge >= 0.3 is 0 Å². The molecular formula is C22H19NO. The lowest BCUT2D eigenvalue weighted by molar-refractivity contribution is 0.670. The van der Waals surface area contributed by atoms with Crippen molar-refractivity contribution in [2.45, 2.75) is 19.8 Å². The predicted octanol–water partition coefficient (Wildman–Crippen LogP) is 6.35. The zero-order valence-electron chi connectivity index (χ0n) is 14.1. The summed E-state index contributed by atoms with van der Waals surface area (Å²) >= 11 is 0. The van der Waals surface area contributed by atoms with Crippen LogP contribution >= 0.6 is 0 Å². The maximum atomic E-state index is 6.29. The fraction of sp³-hybridized carbons (Fsp3) is 0.182. The van der Waals surface area contributed by atoms with Crippen molar-refractivity contribution in [3.8, 4) is 0 Å². The summed E-state index contributed by atoms with van der Waals surface area (Å²) in [5, 5.41) is 4.94. The van der Waals surface area contributed by atoms with Gasteiger partial charge in [-0.15, -0.1) is 0 Å². The number of fused-ring (bicyclic) bond motifs is 7. The zero-order valence-corrected chi connectivity index (χ0v) is 14.1. The highest BCUT2D eigenvalue weighted by Gasteiger charge is 2.16. The fourth-order valence-corrected chi connectivity index (χ4v) is 3.87. The molecule has 2 heterocycles. The Morgan fingerprint density at radius 3 is 2.46 bits per heavy atom. The molecule has 0 radical (unpaired) electrons. The first-order chi connectivity index (χ1) is 11.6. The van der Waals surface area contributed by atoms with Gasteiger partial charge in [-0.2, -0.15) is 0 Å². The van der Waals surface area contributed by atoms with Crippen LogP contribution in [0.15, 0.2) is 59.0 Å². The summed E-state index contributed by atoms with van der Waals surface area (Å²) in [4.78, 5) is 0. The van der Waals surface area contributed by atoms with E-state index in [4.69, 9.17) is 4.42 Å². The Hall–Kier alpha value is -2.74. The van der Waals surface area contributed by atoms with Crippen molar-refractivity contribution in [1.82, 2.24) is 4.57 Å². The Kier molecular flexibility index (Phi) is 2.64. The average molecular weight is 313 g/mol. The van der Waals surface area contributed by atoms with E-state index >= 15 is 0 Å². The third kappa shape index (κ3) is 1.66. The van der Waals surface area contributed by atoms with Crippen molar-refractivity contribution in [2.75, 3.05) is 0 Å². The summed E-state index contributed by atoms with van der Waals surface area (Å²) < 4.78 is 8.54. The molecule has 0 saturated carbocycles. The van der Waals surface area contributed by atoms with Crippen LogP contribution in [0.25, 0.3) is 43.7 Å². The smallest absolute Gasteiger partial charge is 0.159 e. The van der Waals surface area contributed by atoms with Gasteiger partial charge in [0.15, 0.2) is 5.58 Å². The van der Waals surface area contributed by atoms with Crippen LogP contribution < -0.4 is 0 Å². The van der Waals surface area contributed by atoms with Gasteiger partial charge in [-0.05, 0) is 35.7 Å². The molecule has 2 aromatic heterocycles. The Labute approximate surface area is 140 Å². The lowest BCUT2D eigenvalue weighted by atomic mass is 10.0. The second kappa shape index (κ2) is 4.64. The first-order valence-electron chi connectivity index (χ1n) is 8.47. The van der Waals surface area contributed by atoms with Crippen molar-refractivity contribution in [3.05, 3.63) is 60.2 Å². The average Bonchev–Trinajstić information content (AvgIpc) is 3.10. The van der Waals surface area contributed by atoms with Crippen LogP contribution in [0.5, 0.6) is 0 Å². The van der Waals surface area contributed by atoms with Crippen LogP contribution in [-0.4, -0.2) is 4.57 Å². The minimum Gasteiger partial charge on any atom is -0.454 e. The molecule has 0 aliphatic rings. The Morgan fingerprint density at radius 1 is 0.833 bits per heavy atom. The van der Waals surface area contributed by atoms with Gasteiger partial charge in [-0.3, -0.25) is 0 Å². The Morgan fingerprint density at radius 2 is 1.62 bits per heavy atom. The topological polar surface area (TPSA) is 18.1 Å². The van der Waals surface area contributed by atoms with Crippen molar-refractivity contribution in [1.29, 1.82) is 0 Å². The summed E-state index contributed by atoms with van der Waals surface area (Å²) in [6.45, 7) is 4.46. The molecule has 0 saturated heterocycles.